The van der Waals surface area contributed by atoms with Crippen molar-refractivity contribution in [1.82, 2.24) is 0 Å². The predicted molar refractivity (Wildman–Crippen MR) is 62.7 cm³/mol. The first-order chi connectivity index (χ1) is 7.62. The van der Waals surface area contributed by atoms with E-state index in [1.807, 2.05) is 0 Å². The molecule has 1 heterocycles. The van der Waals surface area contributed by atoms with Crippen LogP contribution in [0.3, 0.4) is 0 Å². The van der Waals surface area contributed by atoms with Crippen LogP contribution in [0.1, 0.15) is 28.8 Å². The summed E-state index contributed by atoms with van der Waals surface area (Å²) in [6.07, 6.45) is 0.946. The molecule has 1 saturated heterocycles. The molecule has 0 spiro atoms. The van der Waals surface area contributed by atoms with E-state index in [4.69, 9.17) is 5.11 Å². The molecule has 2 nitrogen and oxygen atoms in total. The lowest BCUT2D eigenvalue weighted by atomic mass is 9.89. The zero-order valence-corrected chi connectivity index (χ0v) is 9.60. The van der Waals surface area contributed by atoms with Gasteiger partial charge in [-0.05, 0) is 42.0 Å². The maximum absolute atomic E-state index is 14.5. The minimum absolute atomic E-state index is 0.160. The van der Waals surface area contributed by atoms with Crippen LogP contribution in [-0.4, -0.2) is 22.6 Å². The Hall–Kier alpha value is -1.03. The van der Waals surface area contributed by atoms with Crippen LogP contribution in [0.4, 0.5) is 4.39 Å². The van der Waals surface area contributed by atoms with E-state index >= 15 is 0 Å². The van der Waals surface area contributed by atoms with Gasteiger partial charge >= 0.3 is 5.97 Å². The highest BCUT2D eigenvalue weighted by Gasteiger charge is 2.34. The first-order valence-electron chi connectivity index (χ1n) is 5.22. The summed E-state index contributed by atoms with van der Waals surface area (Å²) in [5.74, 6) is 0.595. The van der Waals surface area contributed by atoms with Crippen molar-refractivity contribution in [3.63, 3.8) is 0 Å². The molecule has 0 unspecified atom stereocenters. The SMILES string of the molecule is O=C(O)c1cccc(C2(F)CCSCC2)c1. The van der Waals surface area contributed by atoms with Gasteiger partial charge in [0.25, 0.3) is 0 Å². The fourth-order valence-electron chi connectivity index (χ4n) is 1.91. The van der Waals surface area contributed by atoms with Crippen LogP contribution in [0, 0.1) is 0 Å². The molecule has 4 heteroatoms. The highest BCUT2D eigenvalue weighted by Crippen LogP contribution is 2.39. The number of thioether (sulfide) groups is 1. The van der Waals surface area contributed by atoms with E-state index in [-0.39, 0.29) is 5.56 Å². The Morgan fingerprint density at radius 1 is 1.38 bits per heavy atom. The minimum Gasteiger partial charge on any atom is -0.478 e. The second-order valence-electron chi connectivity index (χ2n) is 3.96. The molecular formula is C12H13FO2S. The van der Waals surface area contributed by atoms with Gasteiger partial charge in [-0.2, -0.15) is 11.8 Å². The second kappa shape index (κ2) is 4.45. The lowest BCUT2D eigenvalue weighted by Gasteiger charge is -2.29. The summed E-state index contributed by atoms with van der Waals surface area (Å²) in [5.41, 5.74) is -0.670. The summed E-state index contributed by atoms with van der Waals surface area (Å²) in [5, 5.41) is 8.87. The van der Waals surface area contributed by atoms with Crippen molar-refractivity contribution in [2.24, 2.45) is 0 Å². The molecular weight excluding hydrogens is 227 g/mol. The number of carboxylic acid groups (broad SMARTS) is 1. The first-order valence-corrected chi connectivity index (χ1v) is 6.38. The van der Waals surface area contributed by atoms with Crippen molar-refractivity contribution in [3.05, 3.63) is 35.4 Å². The van der Waals surface area contributed by atoms with Gasteiger partial charge in [-0.25, -0.2) is 9.18 Å². The number of hydrogen-bond donors (Lipinski definition) is 1. The maximum atomic E-state index is 14.5. The normalized spacial score (nSPS) is 19.3. The highest BCUT2D eigenvalue weighted by atomic mass is 32.2. The second-order valence-corrected chi connectivity index (χ2v) is 5.19. The molecule has 16 heavy (non-hydrogen) atoms. The molecule has 0 saturated carbocycles. The molecule has 1 aromatic carbocycles. The quantitative estimate of drug-likeness (QED) is 0.863. The van der Waals surface area contributed by atoms with E-state index in [1.165, 1.54) is 12.1 Å². The van der Waals surface area contributed by atoms with Crippen LogP contribution >= 0.6 is 11.8 Å². The van der Waals surface area contributed by atoms with Crippen LogP contribution in [0.2, 0.25) is 0 Å². The predicted octanol–water partition coefficient (Wildman–Crippen LogP) is 3.08. The molecule has 0 aromatic heterocycles. The summed E-state index contributed by atoms with van der Waals surface area (Å²) < 4.78 is 14.5. The van der Waals surface area contributed by atoms with Crippen molar-refractivity contribution < 1.29 is 14.3 Å². The third-order valence-corrected chi connectivity index (χ3v) is 3.90. The van der Waals surface area contributed by atoms with E-state index in [9.17, 15) is 9.18 Å². The summed E-state index contributed by atoms with van der Waals surface area (Å²) >= 11 is 1.75. The molecule has 86 valence electrons. The molecule has 0 bridgehead atoms. The van der Waals surface area contributed by atoms with Crippen molar-refractivity contribution in [1.29, 1.82) is 0 Å². The molecule has 2 rings (SSSR count). The number of benzene rings is 1. The van der Waals surface area contributed by atoms with Crippen molar-refractivity contribution >= 4 is 17.7 Å². The van der Waals surface area contributed by atoms with Crippen molar-refractivity contribution in [2.75, 3.05) is 11.5 Å². The number of hydrogen-bond acceptors (Lipinski definition) is 2. The Bertz CT molecular complexity index is 400. The Labute approximate surface area is 97.9 Å². The van der Waals surface area contributed by atoms with Gasteiger partial charge in [-0.3, -0.25) is 0 Å². The molecule has 0 amide bonds. The molecule has 1 aromatic rings. The lowest BCUT2D eigenvalue weighted by molar-refractivity contribution is 0.0696. The Balaban J connectivity index is 2.31. The van der Waals surface area contributed by atoms with Crippen molar-refractivity contribution in [3.8, 4) is 0 Å². The highest BCUT2D eigenvalue weighted by molar-refractivity contribution is 7.99. The fraction of sp³-hybridized carbons (Fsp3) is 0.417. The van der Waals surface area contributed by atoms with E-state index < -0.39 is 11.6 Å². The average molecular weight is 240 g/mol. The van der Waals surface area contributed by atoms with E-state index in [0.29, 0.717) is 18.4 Å². The van der Waals surface area contributed by atoms with Gasteiger partial charge in [-0.1, -0.05) is 12.1 Å². The summed E-state index contributed by atoms with van der Waals surface area (Å²) in [6, 6.07) is 6.25. The van der Waals surface area contributed by atoms with Crippen LogP contribution in [0.5, 0.6) is 0 Å². The molecule has 1 N–H and O–H groups in total. The minimum atomic E-state index is -1.34. The van der Waals surface area contributed by atoms with Gasteiger partial charge in [0, 0.05) is 0 Å². The van der Waals surface area contributed by atoms with Gasteiger partial charge in [0.05, 0.1) is 5.56 Å². The van der Waals surface area contributed by atoms with Gasteiger partial charge in [0.1, 0.15) is 5.67 Å². The Morgan fingerprint density at radius 3 is 2.69 bits per heavy atom. The van der Waals surface area contributed by atoms with Crippen LogP contribution < -0.4 is 0 Å². The number of rotatable bonds is 2. The standard InChI is InChI=1S/C12H13FO2S/c13-12(4-6-16-7-5-12)10-3-1-2-9(8-10)11(14)15/h1-3,8H,4-7H2,(H,14,15). The zero-order chi connectivity index (χ0) is 11.6. The van der Waals surface area contributed by atoms with Crippen LogP contribution in [0.25, 0.3) is 0 Å². The van der Waals surface area contributed by atoms with Crippen molar-refractivity contribution in [2.45, 2.75) is 18.5 Å². The largest absolute Gasteiger partial charge is 0.478 e. The topological polar surface area (TPSA) is 37.3 Å². The van der Waals surface area contributed by atoms with Crippen LogP contribution in [0.15, 0.2) is 24.3 Å². The van der Waals surface area contributed by atoms with E-state index in [2.05, 4.69) is 0 Å². The molecule has 1 aliphatic heterocycles. The zero-order valence-electron chi connectivity index (χ0n) is 8.78. The Kier molecular flexibility index (Phi) is 3.19. The van der Waals surface area contributed by atoms with Gasteiger partial charge in [-0.15, -0.1) is 0 Å². The van der Waals surface area contributed by atoms with E-state index in [0.717, 1.165) is 11.5 Å². The number of carboxylic acids is 1. The molecule has 0 aliphatic carbocycles. The molecule has 1 fully saturated rings. The molecule has 1 aliphatic rings. The summed E-state index contributed by atoms with van der Waals surface area (Å²) in [7, 11) is 0. The smallest absolute Gasteiger partial charge is 0.335 e. The fourth-order valence-corrected chi connectivity index (χ4v) is 3.05. The Morgan fingerprint density at radius 2 is 2.06 bits per heavy atom. The van der Waals surface area contributed by atoms with Gasteiger partial charge in [0.15, 0.2) is 0 Å². The summed E-state index contributed by atoms with van der Waals surface area (Å²) in [6.45, 7) is 0. The number of carbonyl (C=O) groups is 1. The van der Waals surface area contributed by atoms with Gasteiger partial charge in [0.2, 0.25) is 0 Å². The molecule has 0 atom stereocenters. The molecule has 0 radical (unpaired) electrons. The third kappa shape index (κ3) is 2.21. The number of alkyl halides is 1. The van der Waals surface area contributed by atoms with Crippen LogP contribution in [-0.2, 0) is 5.67 Å². The number of aromatic carboxylic acids is 1. The summed E-state index contributed by atoms with van der Waals surface area (Å²) in [4.78, 5) is 10.8. The maximum Gasteiger partial charge on any atom is 0.335 e. The lowest BCUT2D eigenvalue weighted by Crippen LogP contribution is -2.26. The first kappa shape index (κ1) is 11.5. The third-order valence-electron chi connectivity index (χ3n) is 2.91. The number of halogens is 1. The monoisotopic (exact) mass is 240 g/mol. The average Bonchev–Trinajstić information content (AvgIpc) is 2.30. The van der Waals surface area contributed by atoms with Gasteiger partial charge < -0.3 is 5.11 Å². The van der Waals surface area contributed by atoms with E-state index in [1.54, 1.807) is 23.9 Å².